The monoisotopic (exact) mass is 362 g/mol. The van der Waals surface area contributed by atoms with Gasteiger partial charge in [0.15, 0.2) is 0 Å². The molecule has 1 heterocycles. The number of hydrogen-bond donors (Lipinski definition) is 0. The summed E-state index contributed by atoms with van der Waals surface area (Å²) in [6.07, 6.45) is 1.50. The molecule has 2 amide bonds. The molecule has 0 aliphatic heterocycles. The molecule has 136 valence electrons. The zero-order valence-corrected chi connectivity index (χ0v) is 15.0. The molecule has 0 aliphatic carbocycles. The van der Waals surface area contributed by atoms with Gasteiger partial charge in [-0.2, -0.15) is 0 Å². The highest BCUT2D eigenvalue weighted by atomic mass is 16.7. The van der Waals surface area contributed by atoms with Gasteiger partial charge in [-0.15, -0.1) is 5.06 Å². The largest absolute Gasteiger partial charge is 0.337 e. The van der Waals surface area contributed by atoms with E-state index in [1.807, 2.05) is 54.6 Å². The van der Waals surface area contributed by atoms with Crippen molar-refractivity contribution in [1.82, 2.24) is 10.0 Å². The van der Waals surface area contributed by atoms with Gasteiger partial charge in [0.05, 0.1) is 11.9 Å². The fourth-order valence-corrected chi connectivity index (χ4v) is 2.90. The van der Waals surface area contributed by atoms with E-state index in [0.29, 0.717) is 10.6 Å². The third kappa shape index (κ3) is 4.00. The van der Waals surface area contributed by atoms with E-state index in [-0.39, 0.29) is 6.42 Å². The first-order valence-electron chi connectivity index (χ1n) is 8.41. The zero-order valence-electron chi connectivity index (χ0n) is 15.0. The first kappa shape index (κ1) is 18.3. The number of carbonyl (C=O) groups excluding carboxylic acids is 3. The highest BCUT2D eigenvalue weighted by Crippen LogP contribution is 2.31. The minimum absolute atomic E-state index is 0.126. The third-order valence-corrected chi connectivity index (χ3v) is 4.02. The molecule has 0 unspecified atom stereocenters. The molecule has 0 bridgehead atoms. The zero-order chi connectivity index (χ0) is 19.4. The van der Waals surface area contributed by atoms with E-state index in [4.69, 9.17) is 4.84 Å². The molecule has 0 spiro atoms. The molecule has 0 saturated heterocycles. The summed E-state index contributed by atoms with van der Waals surface area (Å²) in [6, 6.07) is 17.3. The minimum atomic E-state index is -0.713. The molecular weight excluding hydrogens is 344 g/mol. The van der Waals surface area contributed by atoms with Crippen LogP contribution in [0.5, 0.6) is 0 Å². The maximum Gasteiger partial charge on any atom is 0.337 e. The summed E-state index contributed by atoms with van der Waals surface area (Å²) in [4.78, 5) is 44.6. The summed E-state index contributed by atoms with van der Waals surface area (Å²) in [6.45, 7) is 2.31. The van der Waals surface area contributed by atoms with Gasteiger partial charge in [-0.3, -0.25) is 14.6 Å². The predicted molar refractivity (Wildman–Crippen MR) is 100 cm³/mol. The van der Waals surface area contributed by atoms with Gasteiger partial charge in [0, 0.05) is 25.4 Å². The summed E-state index contributed by atoms with van der Waals surface area (Å²) < 4.78 is 0. The molecule has 27 heavy (non-hydrogen) atoms. The van der Waals surface area contributed by atoms with Crippen LogP contribution in [0.2, 0.25) is 0 Å². The number of hydrogen-bond acceptors (Lipinski definition) is 5. The van der Waals surface area contributed by atoms with Crippen molar-refractivity contribution in [2.45, 2.75) is 20.3 Å². The molecule has 0 aliphatic rings. The van der Waals surface area contributed by atoms with Gasteiger partial charge >= 0.3 is 5.97 Å². The lowest BCUT2D eigenvalue weighted by Gasteiger charge is -2.17. The van der Waals surface area contributed by atoms with Crippen LogP contribution < -0.4 is 0 Å². The fraction of sp³-hybridized carbons (Fsp3) is 0.143. The van der Waals surface area contributed by atoms with Crippen molar-refractivity contribution in [1.29, 1.82) is 0 Å². The van der Waals surface area contributed by atoms with Crippen molar-refractivity contribution in [3.63, 3.8) is 0 Å². The van der Waals surface area contributed by atoms with Crippen molar-refractivity contribution in [2.24, 2.45) is 0 Å². The maximum absolute atomic E-state index is 12.4. The lowest BCUT2D eigenvalue weighted by Crippen LogP contribution is -2.36. The molecule has 0 radical (unpaired) electrons. The standard InChI is InChI=1S/C21H18N2O4/c1-14(24)23(15(2)25)27-20(26)12-17-13-22-19-11-7-6-10-18(19)21(17)16-8-4-3-5-9-16/h3-11,13H,12H2,1-2H3. The maximum atomic E-state index is 12.4. The van der Waals surface area contributed by atoms with Crippen LogP contribution in [0, 0.1) is 0 Å². The van der Waals surface area contributed by atoms with Gasteiger partial charge in [0.2, 0.25) is 0 Å². The van der Waals surface area contributed by atoms with Gasteiger partial charge in [0.1, 0.15) is 0 Å². The Morgan fingerprint density at radius 1 is 0.926 bits per heavy atom. The van der Waals surface area contributed by atoms with Crippen LogP contribution in [-0.4, -0.2) is 27.8 Å². The van der Waals surface area contributed by atoms with Crippen LogP contribution in [0.4, 0.5) is 0 Å². The van der Waals surface area contributed by atoms with E-state index in [0.717, 1.165) is 35.9 Å². The van der Waals surface area contributed by atoms with Gasteiger partial charge in [-0.05, 0) is 22.8 Å². The second kappa shape index (κ2) is 7.78. The Labute approximate surface area is 156 Å². The number of amides is 2. The minimum Gasteiger partial charge on any atom is -0.330 e. The molecule has 0 atom stereocenters. The molecular formula is C21H18N2O4. The number of imide groups is 1. The molecule has 0 N–H and O–H groups in total. The van der Waals surface area contributed by atoms with Crippen molar-refractivity contribution < 1.29 is 19.2 Å². The van der Waals surface area contributed by atoms with Crippen LogP contribution in [0.1, 0.15) is 19.4 Å². The molecule has 0 fully saturated rings. The fourth-order valence-electron chi connectivity index (χ4n) is 2.90. The summed E-state index contributed by atoms with van der Waals surface area (Å²) >= 11 is 0. The molecule has 0 saturated carbocycles. The average molecular weight is 362 g/mol. The van der Waals surface area contributed by atoms with Crippen LogP contribution >= 0.6 is 0 Å². The smallest absolute Gasteiger partial charge is 0.330 e. The van der Waals surface area contributed by atoms with Crippen LogP contribution in [0.15, 0.2) is 60.8 Å². The number of carbonyl (C=O) groups is 3. The van der Waals surface area contributed by atoms with Crippen molar-refractivity contribution in [3.8, 4) is 11.1 Å². The summed E-state index contributed by atoms with van der Waals surface area (Å²) in [5, 5.41) is 1.36. The first-order valence-corrected chi connectivity index (χ1v) is 8.41. The van der Waals surface area contributed by atoms with E-state index >= 15 is 0 Å². The SMILES string of the molecule is CC(=O)N(OC(=O)Cc1cnc2ccccc2c1-c1ccccc1)C(C)=O. The van der Waals surface area contributed by atoms with E-state index in [2.05, 4.69) is 4.98 Å². The van der Waals surface area contributed by atoms with Gasteiger partial charge in [-0.25, -0.2) is 4.79 Å². The molecule has 2 aromatic carbocycles. The van der Waals surface area contributed by atoms with E-state index < -0.39 is 17.8 Å². The number of benzene rings is 2. The lowest BCUT2D eigenvalue weighted by molar-refractivity contribution is -0.200. The lowest BCUT2D eigenvalue weighted by atomic mass is 9.95. The molecule has 6 heteroatoms. The number of hydroxylamine groups is 2. The quantitative estimate of drug-likeness (QED) is 0.668. The van der Waals surface area contributed by atoms with Crippen LogP contribution in [0.25, 0.3) is 22.0 Å². The highest BCUT2D eigenvalue weighted by molar-refractivity contribution is 5.97. The molecule has 1 aromatic heterocycles. The van der Waals surface area contributed by atoms with Crippen molar-refractivity contribution in [2.75, 3.05) is 0 Å². The normalized spacial score (nSPS) is 10.4. The number of rotatable bonds is 3. The van der Waals surface area contributed by atoms with Crippen molar-refractivity contribution in [3.05, 3.63) is 66.4 Å². The van der Waals surface area contributed by atoms with Gasteiger partial charge in [0.25, 0.3) is 11.8 Å². The Hall–Kier alpha value is -3.54. The highest BCUT2D eigenvalue weighted by Gasteiger charge is 2.21. The average Bonchev–Trinajstić information content (AvgIpc) is 2.66. The Morgan fingerprint density at radius 2 is 1.56 bits per heavy atom. The van der Waals surface area contributed by atoms with Gasteiger partial charge in [-0.1, -0.05) is 48.5 Å². The summed E-state index contributed by atoms with van der Waals surface area (Å²) in [5.74, 6) is -2.03. The number of fused-ring (bicyclic) bond motifs is 1. The third-order valence-electron chi connectivity index (χ3n) is 4.02. The van der Waals surface area contributed by atoms with Crippen LogP contribution in [0.3, 0.4) is 0 Å². The summed E-state index contributed by atoms with van der Waals surface area (Å²) in [7, 11) is 0. The van der Waals surface area contributed by atoms with E-state index in [1.54, 1.807) is 6.20 Å². The number of pyridine rings is 1. The predicted octanol–water partition coefficient (Wildman–Crippen LogP) is 3.30. The Kier molecular flexibility index (Phi) is 5.26. The van der Waals surface area contributed by atoms with Crippen LogP contribution in [-0.2, 0) is 25.6 Å². The topological polar surface area (TPSA) is 76.6 Å². The van der Waals surface area contributed by atoms with E-state index in [1.165, 1.54) is 0 Å². The number of para-hydroxylation sites is 1. The molecule has 3 aromatic rings. The molecule has 3 rings (SSSR count). The first-order chi connectivity index (χ1) is 13.0. The Balaban J connectivity index is 2.01. The second-order valence-electron chi connectivity index (χ2n) is 6.01. The summed E-state index contributed by atoms with van der Waals surface area (Å²) in [5.41, 5.74) is 3.27. The Bertz CT molecular complexity index is 1000. The van der Waals surface area contributed by atoms with Crippen molar-refractivity contribution >= 4 is 28.7 Å². The van der Waals surface area contributed by atoms with Gasteiger partial charge < -0.3 is 4.84 Å². The number of nitrogens with zero attached hydrogens (tertiary/aromatic N) is 2. The molecule has 6 nitrogen and oxygen atoms in total. The Morgan fingerprint density at radius 3 is 2.22 bits per heavy atom. The van der Waals surface area contributed by atoms with E-state index in [9.17, 15) is 14.4 Å². The number of aromatic nitrogens is 1. The second-order valence-corrected chi connectivity index (χ2v) is 6.01.